The van der Waals surface area contributed by atoms with Gasteiger partial charge in [-0.15, -0.1) is 0 Å². The predicted molar refractivity (Wildman–Crippen MR) is 51.9 cm³/mol. The van der Waals surface area contributed by atoms with Crippen molar-refractivity contribution in [2.45, 2.75) is 13.0 Å². The molecule has 0 unspecified atom stereocenters. The van der Waals surface area contributed by atoms with Gasteiger partial charge in [0.15, 0.2) is 0 Å². The van der Waals surface area contributed by atoms with Gasteiger partial charge in [0.25, 0.3) is 5.56 Å². The minimum Gasteiger partial charge on any atom is -0.394 e. The molecule has 0 amide bonds. The van der Waals surface area contributed by atoms with E-state index in [1.54, 1.807) is 19.2 Å². The molecule has 72 valence electrons. The average Bonchev–Trinajstić information content (AvgIpc) is 2.13. The number of aromatic nitrogens is 1. The Kier molecular flexibility index (Phi) is 3.08. The van der Waals surface area contributed by atoms with Crippen LogP contribution in [0.25, 0.3) is 0 Å². The molecular formula is C9H14N2O2. The molecule has 0 spiro atoms. The maximum absolute atomic E-state index is 11.2. The highest BCUT2D eigenvalue weighted by Crippen LogP contribution is 2.02. The lowest BCUT2D eigenvalue weighted by molar-refractivity contribution is 0.281. The molecule has 0 bridgehead atoms. The summed E-state index contributed by atoms with van der Waals surface area (Å²) in [7, 11) is 1.69. The molecule has 0 saturated carbocycles. The van der Waals surface area contributed by atoms with Gasteiger partial charge in [0.2, 0.25) is 0 Å². The number of hydrogen-bond donors (Lipinski definition) is 2. The molecule has 1 aromatic rings. The Labute approximate surface area is 76.8 Å². The molecule has 0 aliphatic carbocycles. The summed E-state index contributed by atoms with van der Waals surface area (Å²) >= 11 is 0. The van der Waals surface area contributed by atoms with E-state index < -0.39 is 0 Å². The summed E-state index contributed by atoms with van der Waals surface area (Å²) in [6.07, 6.45) is 0. The van der Waals surface area contributed by atoms with Crippen LogP contribution >= 0.6 is 0 Å². The number of anilines is 1. The van der Waals surface area contributed by atoms with E-state index in [0.717, 1.165) is 0 Å². The largest absolute Gasteiger partial charge is 0.394 e. The first-order valence-electron chi connectivity index (χ1n) is 4.18. The third-order valence-corrected chi connectivity index (χ3v) is 1.85. The zero-order valence-corrected chi connectivity index (χ0v) is 7.82. The Morgan fingerprint density at radius 2 is 2.31 bits per heavy atom. The first kappa shape index (κ1) is 9.80. The highest BCUT2D eigenvalue weighted by molar-refractivity contribution is 5.36. The van der Waals surface area contributed by atoms with Crippen molar-refractivity contribution in [1.29, 1.82) is 0 Å². The van der Waals surface area contributed by atoms with E-state index in [2.05, 4.69) is 5.32 Å². The Balaban J connectivity index is 2.89. The first-order chi connectivity index (χ1) is 6.15. The number of pyridine rings is 1. The lowest BCUT2D eigenvalue weighted by Crippen LogP contribution is -2.25. The van der Waals surface area contributed by atoms with E-state index in [4.69, 9.17) is 5.11 Å². The summed E-state index contributed by atoms with van der Waals surface area (Å²) in [4.78, 5) is 11.2. The highest BCUT2D eigenvalue weighted by atomic mass is 16.3. The number of nitrogens with zero attached hydrogens (tertiary/aromatic N) is 1. The Morgan fingerprint density at radius 1 is 1.62 bits per heavy atom. The molecule has 1 aromatic heterocycles. The summed E-state index contributed by atoms with van der Waals surface area (Å²) in [5, 5.41) is 11.8. The lowest BCUT2D eigenvalue weighted by atomic mass is 10.3. The number of rotatable bonds is 3. The minimum absolute atomic E-state index is 0.0447. The van der Waals surface area contributed by atoms with Gasteiger partial charge in [0.05, 0.1) is 6.61 Å². The third kappa shape index (κ3) is 2.32. The van der Waals surface area contributed by atoms with E-state index in [0.29, 0.717) is 5.82 Å². The quantitative estimate of drug-likeness (QED) is 0.701. The van der Waals surface area contributed by atoms with Crippen molar-refractivity contribution in [2.75, 3.05) is 11.9 Å². The standard InChI is InChI=1S/C9H14N2O2/c1-7(6-12)10-8-4-3-5-9(13)11(8)2/h3-5,7,10,12H,6H2,1-2H3/t7-/m0/s1. The third-order valence-electron chi connectivity index (χ3n) is 1.85. The average molecular weight is 182 g/mol. The lowest BCUT2D eigenvalue weighted by Gasteiger charge is -2.14. The second-order valence-corrected chi connectivity index (χ2v) is 3.04. The Morgan fingerprint density at radius 3 is 2.92 bits per heavy atom. The number of nitrogens with one attached hydrogen (secondary N) is 1. The van der Waals surface area contributed by atoms with Crippen LogP contribution in [0.5, 0.6) is 0 Å². The maximum Gasteiger partial charge on any atom is 0.251 e. The van der Waals surface area contributed by atoms with Crippen LogP contribution in [0.2, 0.25) is 0 Å². The second-order valence-electron chi connectivity index (χ2n) is 3.04. The van der Waals surface area contributed by atoms with E-state index in [-0.39, 0.29) is 18.2 Å². The van der Waals surface area contributed by atoms with E-state index in [9.17, 15) is 4.79 Å². The molecule has 0 aliphatic heterocycles. The summed E-state index contributed by atoms with van der Waals surface area (Å²) in [6.45, 7) is 1.89. The smallest absolute Gasteiger partial charge is 0.251 e. The molecule has 1 atom stereocenters. The van der Waals surface area contributed by atoms with Crippen LogP contribution in [0, 0.1) is 0 Å². The molecule has 2 N–H and O–H groups in total. The van der Waals surface area contributed by atoms with Crippen LogP contribution in [-0.4, -0.2) is 22.3 Å². The highest BCUT2D eigenvalue weighted by Gasteiger charge is 2.02. The van der Waals surface area contributed by atoms with Crippen LogP contribution in [0.4, 0.5) is 5.82 Å². The van der Waals surface area contributed by atoms with Gasteiger partial charge in [-0.05, 0) is 13.0 Å². The Bertz CT molecular complexity index is 333. The van der Waals surface area contributed by atoms with Crippen LogP contribution in [0.3, 0.4) is 0 Å². The van der Waals surface area contributed by atoms with Crippen molar-refractivity contribution in [3.05, 3.63) is 28.6 Å². The van der Waals surface area contributed by atoms with E-state index in [1.165, 1.54) is 10.6 Å². The van der Waals surface area contributed by atoms with E-state index >= 15 is 0 Å². The van der Waals surface area contributed by atoms with Crippen molar-refractivity contribution in [3.63, 3.8) is 0 Å². The fourth-order valence-electron chi connectivity index (χ4n) is 1.01. The van der Waals surface area contributed by atoms with Crippen molar-refractivity contribution in [1.82, 2.24) is 4.57 Å². The number of aliphatic hydroxyl groups excluding tert-OH is 1. The molecule has 0 saturated heterocycles. The normalized spacial score (nSPS) is 12.5. The Hall–Kier alpha value is -1.29. The molecule has 1 heterocycles. The van der Waals surface area contributed by atoms with Gasteiger partial charge in [-0.3, -0.25) is 9.36 Å². The molecule has 0 radical (unpaired) electrons. The van der Waals surface area contributed by atoms with Crippen molar-refractivity contribution >= 4 is 5.82 Å². The molecule has 0 fully saturated rings. The van der Waals surface area contributed by atoms with Gasteiger partial charge >= 0.3 is 0 Å². The zero-order valence-electron chi connectivity index (χ0n) is 7.82. The van der Waals surface area contributed by atoms with Gasteiger partial charge in [-0.1, -0.05) is 6.07 Å². The van der Waals surface area contributed by atoms with Gasteiger partial charge < -0.3 is 10.4 Å². The number of hydrogen-bond acceptors (Lipinski definition) is 3. The molecule has 4 heteroatoms. The van der Waals surface area contributed by atoms with Gasteiger partial charge in [0, 0.05) is 19.2 Å². The van der Waals surface area contributed by atoms with Crippen LogP contribution in [-0.2, 0) is 7.05 Å². The van der Waals surface area contributed by atoms with E-state index in [1.807, 2.05) is 6.92 Å². The second kappa shape index (κ2) is 4.09. The van der Waals surface area contributed by atoms with Crippen LogP contribution in [0.1, 0.15) is 6.92 Å². The molecule has 0 aliphatic rings. The maximum atomic E-state index is 11.2. The SMILES string of the molecule is C[C@@H](CO)Nc1cccc(=O)n1C. The van der Waals surface area contributed by atoms with Crippen LogP contribution in [0.15, 0.2) is 23.0 Å². The zero-order chi connectivity index (χ0) is 9.84. The molecule has 13 heavy (non-hydrogen) atoms. The fraction of sp³-hybridized carbons (Fsp3) is 0.444. The summed E-state index contributed by atoms with van der Waals surface area (Å²) in [6, 6.07) is 4.94. The number of aliphatic hydroxyl groups is 1. The molecule has 0 aromatic carbocycles. The van der Waals surface area contributed by atoms with Gasteiger partial charge in [-0.25, -0.2) is 0 Å². The summed E-state index contributed by atoms with van der Waals surface area (Å²) in [5.74, 6) is 0.717. The molecular weight excluding hydrogens is 168 g/mol. The monoisotopic (exact) mass is 182 g/mol. The molecule has 1 rings (SSSR count). The minimum atomic E-state index is -0.0601. The fourth-order valence-corrected chi connectivity index (χ4v) is 1.01. The first-order valence-corrected chi connectivity index (χ1v) is 4.18. The van der Waals surface area contributed by atoms with Gasteiger partial charge in [0.1, 0.15) is 5.82 Å². The van der Waals surface area contributed by atoms with Crippen molar-refractivity contribution < 1.29 is 5.11 Å². The topological polar surface area (TPSA) is 54.3 Å². The van der Waals surface area contributed by atoms with Crippen molar-refractivity contribution in [3.8, 4) is 0 Å². The molecule has 4 nitrogen and oxygen atoms in total. The summed E-state index contributed by atoms with van der Waals surface area (Å²) in [5.41, 5.74) is -0.0601. The van der Waals surface area contributed by atoms with Crippen LogP contribution < -0.4 is 10.9 Å². The van der Waals surface area contributed by atoms with Crippen molar-refractivity contribution in [2.24, 2.45) is 7.05 Å². The predicted octanol–water partition coefficient (Wildman–Crippen LogP) is 0.178. The van der Waals surface area contributed by atoms with Gasteiger partial charge in [-0.2, -0.15) is 0 Å². The summed E-state index contributed by atoms with van der Waals surface area (Å²) < 4.78 is 1.51.